The molecule has 9 heteroatoms. The highest BCUT2D eigenvalue weighted by Crippen LogP contribution is 2.23. The summed E-state index contributed by atoms with van der Waals surface area (Å²) in [6.07, 6.45) is 2.32. The van der Waals surface area contributed by atoms with Crippen molar-refractivity contribution in [2.75, 3.05) is 13.1 Å². The minimum Gasteiger partial charge on any atom is -0.347 e. The van der Waals surface area contributed by atoms with Crippen LogP contribution in [0.5, 0.6) is 0 Å². The van der Waals surface area contributed by atoms with Crippen LogP contribution in [0, 0.1) is 12.7 Å². The van der Waals surface area contributed by atoms with Crippen LogP contribution in [-0.4, -0.2) is 36.7 Å². The highest BCUT2D eigenvalue weighted by Gasteiger charge is 2.26. The van der Waals surface area contributed by atoms with E-state index in [0.29, 0.717) is 30.1 Å². The third-order valence-electron chi connectivity index (χ3n) is 5.39. The molecular formula is C23H24FN3O3S2. The third kappa shape index (κ3) is 5.06. The maximum absolute atomic E-state index is 13.1. The summed E-state index contributed by atoms with van der Waals surface area (Å²) in [5.74, 6) is -0.509. The Morgan fingerprint density at radius 3 is 2.34 bits per heavy atom. The van der Waals surface area contributed by atoms with Crippen molar-refractivity contribution in [1.82, 2.24) is 14.6 Å². The summed E-state index contributed by atoms with van der Waals surface area (Å²) in [6.45, 7) is 3.21. The van der Waals surface area contributed by atoms with Gasteiger partial charge in [-0.2, -0.15) is 4.31 Å². The lowest BCUT2D eigenvalue weighted by Crippen LogP contribution is -2.27. The molecule has 1 aromatic heterocycles. The van der Waals surface area contributed by atoms with Crippen molar-refractivity contribution in [3.63, 3.8) is 0 Å². The zero-order chi connectivity index (χ0) is 22.7. The standard InChI is InChI=1S/C23H24FN3O3S2/c1-16-22(31-21(26-16)14-17-4-8-19(24)9-5-17)23(28)25-15-18-6-10-20(11-7-18)32(29,30)27-12-2-3-13-27/h4-11H,2-3,12-15H2,1H3,(H,25,28). The molecular weight excluding hydrogens is 449 g/mol. The second-order valence-corrected chi connectivity index (χ2v) is 10.8. The SMILES string of the molecule is Cc1nc(Cc2ccc(F)cc2)sc1C(=O)NCc1ccc(S(=O)(=O)N2CCCC2)cc1. The van der Waals surface area contributed by atoms with Crippen LogP contribution in [0.2, 0.25) is 0 Å². The first-order chi connectivity index (χ1) is 15.3. The zero-order valence-corrected chi connectivity index (χ0v) is 19.3. The van der Waals surface area contributed by atoms with E-state index >= 15 is 0 Å². The second kappa shape index (κ2) is 9.48. The van der Waals surface area contributed by atoms with Crippen molar-refractivity contribution >= 4 is 27.3 Å². The van der Waals surface area contributed by atoms with Crippen molar-refractivity contribution in [2.24, 2.45) is 0 Å². The van der Waals surface area contributed by atoms with E-state index in [1.807, 2.05) is 0 Å². The number of aryl methyl sites for hydroxylation is 1. The Hall–Kier alpha value is -2.62. The first-order valence-corrected chi connectivity index (χ1v) is 12.7. The Bertz CT molecular complexity index is 1200. The minimum atomic E-state index is -3.44. The number of benzene rings is 2. The van der Waals surface area contributed by atoms with Crippen LogP contribution in [0.25, 0.3) is 0 Å². The molecule has 2 aromatic carbocycles. The number of amides is 1. The molecule has 1 aliphatic heterocycles. The van der Waals surface area contributed by atoms with Gasteiger partial charge in [0.15, 0.2) is 0 Å². The van der Waals surface area contributed by atoms with Crippen LogP contribution < -0.4 is 5.32 Å². The number of thiazole rings is 1. The van der Waals surface area contributed by atoms with Crippen LogP contribution in [0.1, 0.15) is 44.3 Å². The van der Waals surface area contributed by atoms with Gasteiger partial charge in [-0.3, -0.25) is 4.79 Å². The summed E-state index contributed by atoms with van der Waals surface area (Å²) in [6, 6.07) is 12.9. The quantitative estimate of drug-likeness (QED) is 0.565. The maximum atomic E-state index is 13.1. The second-order valence-electron chi connectivity index (χ2n) is 7.76. The van der Waals surface area contributed by atoms with Gasteiger partial charge in [0.05, 0.1) is 15.6 Å². The summed E-state index contributed by atoms with van der Waals surface area (Å²) < 4.78 is 39.8. The van der Waals surface area contributed by atoms with Gasteiger partial charge in [0.1, 0.15) is 10.7 Å². The van der Waals surface area contributed by atoms with Gasteiger partial charge < -0.3 is 5.32 Å². The lowest BCUT2D eigenvalue weighted by Gasteiger charge is -2.15. The number of rotatable bonds is 7. The van der Waals surface area contributed by atoms with E-state index in [1.165, 1.54) is 27.8 Å². The van der Waals surface area contributed by atoms with Crippen molar-refractivity contribution < 1.29 is 17.6 Å². The Balaban J connectivity index is 1.37. The number of sulfonamides is 1. The fraction of sp³-hybridized carbons (Fsp3) is 0.304. The number of nitrogens with zero attached hydrogens (tertiary/aromatic N) is 2. The fourth-order valence-electron chi connectivity index (χ4n) is 3.63. The summed E-state index contributed by atoms with van der Waals surface area (Å²) in [5, 5.41) is 3.66. The van der Waals surface area contributed by atoms with Gasteiger partial charge in [-0.1, -0.05) is 24.3 Å². The maximum Gasteiger partial charge on any atom is 0.263 e. The average molecular weight is 474 g/mol. The number of aromatic nitrogens is 1. The number of carbonyl (C=O) groups is 1. The van der Waals surface area contributed by atoms with Crippen molar-refractivity contribution in [2.45, 2.75) is 37.6 Å². The average Bonchev–Trinajstić information content (AvgIpc) is 3.44. The fourth-order valence-corrected chi connectivity index (χ4v) is 6.17. The molecule has 0 radical (unpaired) electrons. The van der Waals surface area contributed by atoms with Crippen molar-refractivity contribution in [3.05, 3.63) is 81.1 Å². The molecule has 0 unspecified atom stereocenters. The Kier molecular flexibility index (Phi) is 6.68. The van der Waals surface area contributed by atoms with Crippen LogP contribution in [0.15, 0.2) is 53.4 Å². The molecule has 1 fully saturated rings. The molecule has 32 heavy (non-hydrogen) atoms. The molecule has 168 valence electrons. The highest BCUT2D eigenvalue weighted by molar-refractivity contribution is 7.89. The first kappa shape index (κ1) is 22.6. The normalized spacial score (nSPS) is 14.6. The summed E-state index contributed by atoms with van der Waals surface area (Å²) in [4.78, 5) is 17.9. The first-order valence-electron chi connectivity index (χ1n) is 10.4. The number of hydrogen-bond donors (Lipinski definition) is 1. The minimum absolute atomic E-state index is 0.223. The van der Waals surface area contributed by atoms with Gasteiger partial charge in [0.25, 0.3) is 5.91 Å². The molecule has 1 saturated heterocycles. The lowest BCUT2D eigenvalue weighted by molar-refractivity contribution is 0.0954. The molecule has 4 rings (SSSR count). The van der Waals surface area contributed by atoms with Gasteiger partial charge in [-0.25, -0.2) is 17.8 Å². The topological polar surface area (TPSA) is 79.4 Å². The van der Waals surface area contributed by atoms with Crippen LogP contribution >= 0.6 is 11.3 Å². The van der Waals surface area contributed by atoms with Gasteiger partial charge in [-0.05, 0) is 55.2 Å². The number of nitrogens with one attached hydrogen (secondary N) is 1. The van der Waals surface area contributed by atoms with Crippen LogP contribution in [0.3, 0.4) is 0 Å². The van der Waals surface area contributed by atoms with E-state index in [1.54, 1.807) is 43.3 Å². The molecule has 1 N–H and O–H groups in total. The molecule has 0 spiro atoms. The zero-order valence-electron chi connectivity index (χ0n) is 17.7. The van der Waals surface area contributed by atoms with Gasteiger partial charge in [0, 0.05) is 26.1 Å². The number of halogens is 1. The lowest BCUT2D eigenvalue weighted by atomic mass is 10.1. The highest BCUT2D eigenvalue weighted by atomic mass is 32.2. The van der Waals surface area contributed by atoms with E-state index in [9.17, 15) is 17.6 Å². The Labute approximate surface area is 191 Å². The monoisotopic (exact) mass is 473 g/mol. The molecule has 6 nitrogen and oxygen atoms in total. The summed E-state index contributed by atoms with van der Waals surface area (Å²) >= 11 is 1.32. The molecule has 1 amide bonds. The van der Waals surface area contributed by atoms with Crippen LogP contribution in [-0.2, 0) is 23.0 Å². The molecule has 0 bridgehead atoms. The van der Waals surface area contributed by atoms with E-state index in [4.69, 9.17) is 0 Å². The van der Waals surface area contributed by atoms with E-state index in [2.05, 4.69) is 10.3 Å². The predicted molar refractivity (Wildman–Crippen MR) is 122 cm³/mol. The van der Waals surface area contributed by atoms with E-state index in [-0.39, 0.29) is 23.2 Å². The smallest absolute Gasteiger partial charge is 0.263 e. The summed E-state index contributed by atoms with van der Waals surface area (Å²) in [5.41, 5.74) is 2.39. The summed E-state index contributed by atoms with van der Waals surface area (Å²) in [7, 11) is -3.44. The number of hydrogen-bond acceptors (Lipinski definition) is 5. The van der Waals surface area contributed by atoms with Gasteiger partial charge >= 0.3 is 0 Å². The molecule has 1 aliphatic rings. The molecule has 0 aliphatic carbocycles. The molecule has 0 saturated carbocycles. The van der Waals surface area contributed by atoms with Crippen molar-refractivity contribution in [1.29, 1.82) is 0 Å². The van der Waals surface area contributed by atoms with Crippen molar-refractivity contribution in [3.8, 4) is 0 Å². The molecule has 0 atom stereocenters. The Morgan fingerprint density at radius 1 is 1.06 bits per heavy atom. The third-order valence-corrected chi connectivity index (χ3v) is 8.46. The van der Waals surface area contributed by atoms with E-state index < -0.39 is 10.0 Å². The van der Waals surface area contributed by atoms with Gasteiger partial charge in [-0.15, -0.1) is 11.3 Å². The number of carbonyl (C=O) groups excluding carboxylic acids is 1. The molecule has 3 aromatic rings. The van der Waals surface area contributed by atoms with Gasteiger partial charge in [0.2, 0.25) is 10.0 Å². The largest absolute Gasteiger partial charge is 0.347 e. The van der Waals surface area contributed by atoms with Crippen LogP contribution in [0.4, 0.5) is 4.39 Å². The predicted octanol–water partition coefficient (Wildman–Crippen LogP) is 3.90. The Morgan fingerprint density at radius 2 is 1.69 bits per heavy atom. The molecule has 2 heterocycles. The van der Waals surface area contributed by atoms with E-state index in [0.717, 1.165) is 29.0 Å².